The first-order valence-electron chi connectivity index (χ1n) is 9.70. The highest BCUT2D eigenvalue weighted by atomic mass is 32.1. The van der Waals surface area contributed by atoms with Crippen LogP contribution in [0.3, 0.4) is 0 Å². The summed E-state index contributed by atoms with van der Waals surface area (Å²) in [6.07, 6.45) is 0. The number of anilines is 1. The summed E-state index contributed by atoms with van der Waals surface area (Å²) >= 11 is 1.56. The van der Waals surface area contributed by atoms with Gasteiger partial charge in [-0.2, -0.15) is 0 Å². The summed E-state index contributed by atoms with van der Waals surface area (Å²) in [6.45, 7) is 3.77. The molecule has 0 spiro atoms. The molecule has 0 aliphatic carbocycles. The number of hydrogen-bond acceptors (Lipinski definition) is 9. The van der Waals surface area contributed by atoms with Crippen LogP contribution in [-0.2, 0) is 0 Å². The Morgan fingerprint density at radius 2 is 1.69 bits per heavy atom. The van der Waals surface area contributed by atoms with Gasteiger partial charge in [0.15, 0.2) is 5.13 Å². The third-order valence-electron chi connectivity index (χ3n) is 5.32. The van der Waals surface area contributed by atoms with E-state index in [1.807, 2.05) is 19.1 Å². The fraction of sp³-hybridized carbons (Fsp3) is 0.300. The van der Waals surface area contributed by atoms with E-state index >= 15 is 0 Å². The molecule has 1 saturated heterocycles. The van der Waals surface area contributed by atoms with Crippen molar-refractivity contribution in [2.45, 2.75) is 6.92 Å². The number of ether oxygens (including phenoxy) is 1. The molecule has 12 heteroatoms. The number of amides is 1. The molecule has 1 aliphatic rings. The van der Waals surface area contributed by atoms with E-state index in [-0.39, 0.29) is 5.56 Å². The largest absolute Gasteiger partial charge is 0.494 e. The Morgan fingerprint density at radius 3 is 2.25 bits per heavy atom. The van der Waals surface area contributed by atoms with Crippen molar-refractivity contribution in [3.63, 3.8) is 0 Å². The number of carbonyl (C=O) groups excluding carboxylic acids is 1. The monoisotopic (exact) mass is 457 g/mol. The van der Waals surface area contributed by atoms with E-state index < -0.39 is 27.1 Å². The summed E-state index contributed by atoms with van der Waals surface area (Å²) in [5.74, 6) is 0.229. The first-order valence-corrected chi connectivity index (χ1v) is 10.5. The number of thiazole rings is 1. The van der Waals surface area contributed by atoms with Gasteiger partial charge in [-0.25, -0.2) is 4.98 Å². The molecule has 166 valence electrons. The van der Waals surface area contributed by atoms with Crippen LogP contribution in [0.2, 0.25) is 0 Å². The molecule has 3 aromatic rings. The molecule has 0 saturated carbocycles. The van der Waals surface area contributed by atoms with Gasteiger partial charge < -0.3 is 14.5 Å². The minimum Gasteiger partial charge on any atom is -0.494 e. The molecule has 0 atom stereocenters. The van der Waals surface area contributed by atoms with Gasteiger partial charge >= 0.3 is 0 Å². The second-order valence-electron chi connectivity index (χ2n) is 7.29. The zero-order valence-corrected chi connectivity index (χ0v) is 18.1. The first kappa shape index (κ1) is 21.4. The molecule has 11 nitrogen and oxygen atoms in total. The maximum atomic E-state index is 12.9. The highest BCUT2D eigenvalue weighted by Gasteiger charge is 2.27. The quantitative estimate of drug-likeness (QED) is 0.421. The minimum absolute atomic E-state index is 0.0697. The van der Waals surface area contributed by atoms with Crippen molar-refractivity contribution in [2.24, 2.45) is 0 Å². The molecule has 1 amide bonds. The summed E-state index contributed by atoms with van der Waals surface area (Å²) in [5.41, 5.74) is 0.861. The number of carbonyl (C=O) groups is 1. The molecule has 1 fully saturated rings. The average molecular weight is 457 g/mol. The molecule has 0 unspecified atom stereocenters. The number of aryl methyl sites for hydroxylation is 1. The van der Waals surface area contributed by atoms with Gasteiger partial charge in [-0.05, 0) is 18.6 Å². The van der Waals surface area contributed by atoms with Gasteiger partial charge in [-0.1, -0.05) is 17.4 Å². The number of hydrogen-bond donors (Lipinski definition) is 0. The van der Waals surface area contributed by atoms with Gasteiger partial charge in [-0.15, -0.1) is 0 Å². The molecule has 1 aromatic heterocycles. The summed E-state index contributed by atoms with van der Waals surface area (Å²) in [7, 11) is 1.60. The van der Waals surface area contributed by atoms with Crippen molar-refractivity contribution >= 4 is 44.0 Å². The number of rotatable bonds is 5. The van der Waals surface area contributed by atoms with E-state index in [1.165, 1.54) is 0 Å². The zero-order valence-electron chi connectivity index (χ0n) is 17.3. The fourth-order valence-corrected chi connectivity index (χ4v) is 4.71. The number of methoxy groups -OCH3 is 1. The van der Waals surface area contributed by atoms with Crippen LogP contribution in [-0.4, -0.2) is 58.9 Å². The Labute approximate surface area is 186 Å². The molecule has 1 aliphatic heterocycles. The lowest BCUT2D eigenvalue weighted by Crippen LogP contribution is -2.48. The molecular formula is C20H19N5O6S. The van der Waals surface area contributed by atoms with Gasteiger partial charge in [0.05, 0.1) is 33.3 Å². The lowest BCUT2D eigenvalue weighted by atomic mass is 10.1. The second-order valence-corrected chi connectivity index (χ2v) is 8.27. The fourth-order valence-electron chi connectivity index (χ4n) is 3.61. The van der Waals surface area contributed by atoms with Crippen LogP contribution in [0.5, 0.6) is 5.75 Å². The van der Waals surface area contributed by atoms with Gasteiger partial charge in [0.25, 0.3) is 17.3 Å². The van der Waals surface area contributed by atoms with E-state index in [9.17, 15) is 25.0 Å². The maximum Gasteiger partial charge on any atom is 0.277 e. The van der Waals surface area contributed by atoms with E-state index in [4.69, 9.17) is 9.72 Å². The van der Waals surface area contributed by atoms with Crippen LogP contribution in [0.4, 0.5) is 16.5 Å². The van der Waals surface area contributed by atoms with Crippen LogP contribution in [0, 0.1) is 27.2 Å². The lowest BCUT2D eigenvalue weighted by molar-refractivity contribution is -0.394. The molecule has 0 radical (unpaired) electrons. The van der Waals surface area contributed by atoms with Gasteiger partial charge in [0, 0.05) is 38.3 Å². The van der Waals surface area contributed by atoms with E-state index in [1.54, 1.807) is 23.3 Å². The van der Waals surface area contributed by atoms with Gasteiger partial charge in [-0.3, -0.25) is 25.0 Å². The van der Waals surface area contributed by atoms with E-state index in [2.05, 4.69) is 4.90 Å². The number of non-ortho nitro benzene ring substituents is 2. The molecule has 2 aromatic carbocycles. The van der Waals surface area contributed by atoms with Crippen LogP contribution < -0.4 is 9.64 Å². The molecule has 0 N–H and O–H groups in total. The number of piperazine rings is 1. The normalized spacial score (nSPS) is 13.9. The van der Waals surface area contributed by atoms with Crippen molar-refractivity contribution in [1.82, 2.24) is 9.88 Å². The van der Waals surface area contributed by atoms with Crippen LogP contribution in [0.25, 0.3) is 10.2 Å². The number of benzene rings is 2. The third kappa shape index (κ3) is 3.91. The Balaban J connectivity index is 1.52. The van der Waals surface area contributed by atoms with Crippen molar-refractivity contribution in [1.29, 1.82) is 0 Å². The minimum atomic E-state index is -0.745. The number of aromatic nitrogens is 1. The van der Waals surface area contributed by atoms with Crippen LogP contribution >= 0.6 is 11.3 Å². The summed E-state index contributed by atoms with van der Waals surface area (Å²) in [4.78, 5) is 42.0. The Kier molecular flexibility index (Phi) is 5.61. The highest BCUT2D eigenvalue weighted by Crippen LogP contribution is 2.36. The van der Waals surface area contributed by atoms with Crippen molar-refractivity contribution in [2.75, 3.05) is 38.2 Å². The highest BCUT2D eigenvalue weighted by molar-refractivity contribution is 7.22. The topological polar surface area (TPSA) is 132 Å². The second kappa shape index (κ2) is 8.38. The lowest BCUT2D eigenvalue weighted by Gasteiger charge is -2.34. The van der Waals surface area contributed by atoms with Crippen molar-refractivity contribution in [3.05, 3.63) is 61.7 Å². The zero-order chi connectivity index (χ0) is 23.0. The molecular weight excluding hydrogens is 438 g/mol. The predicted molar refractivity (Wildman–Crippen MR) is 119 cm³/mol. The molecule has 0 bridgehead atoms. The van der Waals surface area contributed by atoms with Gasteiger partial charge in [0.1, 0.15) is 11.3 Å². The summed E-state index contributed by atoms with van der Waals surface area (Å²) in [5, 5.41) is 23.0. The Bertz CT molecular complexity index is 1200. The van der Waals surface area contributed by atoms with E-state index in [0.717, 1.165) is 39.1 Å². The van der Waals surface area contributed by atoms with Crippen molar-refractivity contribution < 1.29 is 19.4 Å². The summed E-state index contributed by atoms with van der Waals surface area (Å²) in [6, 6.07) is 6.86. The Morgan fingerprint density at radius 1 is 1.06 bits per heavy atom. The number of nitro groups is 2. The van der Waals surface area contributed by atoms with Gasteiger partial charge in [0.2, 0.25) is 0 Å². The van der Waals surface area contributed by atoms with Crippen LogP contribution in [0.15, 0.2) is 30.3 Å². The average Bonchev–Trinajstić information content (AvgIpc) is 3.25. The number of nitro benzene ring substituents is 2. The molecule has 32 heavy (non-hydrogen) atoms. The predicted octanol–water partition coefficient (Wildman–Crippen LogP) is 3.39. The summed E-state index contributed by atoms with van der Waals surface area (Å²) < 4.78 is 6.45. The van der Waals surface area contributed by atoms with Crippen molar-refractivity contribution in [3.8, 4) is 5.75 Å². The third-order valence-corrected chi connectivity index (χ3v) is 6.57. The maximum absolute atomic E-state index is 12.9. The SMILES string of the molecule is COc1ccc(C)c2sc(N3CCN(C(=O)c4cc([N+](=O)[O-])cc([N+](=O)[O-])c4)CC3)nc12. The molecule has 2 heterocycles. The molecule has 4 rings (SSSR count). The van der Waals surface area contributed by atoms with Crippen LogP contribution in [0.1, 0.15) is 15.9 Å². The number of nitrogens with zero attached hydrogens (tertiary/aromatic N) is 5. The number of fused-ring (bicyclic) bond motifs is 1. The first-order chi connectivity index (χ1) is 15.3. The Hall–Kier alpha value is -3.80. The standard InChI is InChI=1S/C20H19N5O6S/c1-12-3-4-16(31-2)17-18(12)32-20(21-17)23-7-5-22(6-8-23)19(26)13-9-14(24(27)28)11-15(10-13)25(29)30/h3-4,9-11H,5-8H2,1-2H3. The van der Waals surface area contributed by atoms with E-state index in [0.29, 0.717) is 31.9 Å². The smallest absolute Gasteiger partial charge is 0.277 e.